The zero-order valence-corrected chi connectivity index (χ0v) is 8.28. The molecule has 0 fully saturated rings. The quantitative estimate of drug-likeness (QED) is 0.438. The van der Waals surface area contributed by atoms with Crippen LogP contribution in [-0.4, -0.2) is 44.2 Å². The van der Waals surface area contributed by atoms with Gasteiger partial charge in [-0.05, 0) is 26.7 Å². The van der Waals surface area contributed by atoms with Crippen molar-refractivity contribution in [2.45, 2.75) is 0 Å². The van der Waals surface area contributed by atoms with Crippen LogP contribution < -0.4 is 0 Å². The molecule has 0 amide bonds. The molecule has 0 aliphatic rings. The summed E-state index contributed by atoms with van der Waals surface area (Å²) in [5, 5.41) is 0. The molecule has 0 atom stereocenters. The van der Waals surface area contributed by atoms with Crippen molar-refractivity contribution in [1.82, 2.24) is 0 Å². The van der Waals surface area contributed by atoms with Gasteiger partial charge in [-0.25, -0.2) is 0 Å². The molecule has 0 saturated carbocycles. The third-order valence-electron chi connectivity index (χ3n) is 0. The lowest BCUT2D eigenvalue weighted by Crippen LogP contribution is -1.89. The monoisotopic (exact) mass is 189 g/mol. The Morgan fingerprint density at radius 3 is 1.00 bits per heavy atom. The largest absolute Gasteiger partial charge is 0.394 e. The molecule has 0 saturated heterocycles. The molecule has 65 valence electrons. The van der Waals surface area contributed by atoms with Crippen LogP contribution in [0.3, 0.4) is 0 Å². The maximum atomic E-state index is 8.74. The van der Waals surface area contributed by atoms with E-state index in [4.69, 9.17) is 17.5 Å². The molecule has 6 heteroatoms. The van der Waals surface area contributed by atoms with Crippen molar-refractivity contribution >= 4 is 17.7 Å². The van der Waals surface area contributed by atoms with Gasteiger partial charge in [0.15, 0.2) is 0 Å². The Morgan fingerprint density at radius 1 is 1.00 bits per heavy atom. The number of rotatable bonds is 0. The van der Waals surface area contributed by atoms with Crippen molar-refractivity contribution in [2.24, 2.45) is 0 Å². The van der Waals surface area contributed by atoms with E-state index in [0.717, 1.165) is 0 Å². The van der Waals surface area contributed by atoms with Crippen LogP contribution in [-0.2, 0) is 10.4 Å². The first kappa shape index (κ1) is 12.9. The fourth-order valence-electron chi connectivity index (χ4n) is 0. The molecule has 0 rings (SSSR count). The molecule has 0 aliphatic heterocycles. The Kier molecular flexibility index (Phi) is 5.48. The van der Waals surface area contributed by atoms with Crippen molar-refractivity contribution in [3.05, 3.63) is 0 Å². The van der Waals surface area contributed by atoms with E-state index in [1.54, 1.807) is 0 Å². The second kappa shape index (κ2) is 4.23. The fourth-order valence-corrected chi connectivity index (χ4v) is 0. The summed E-state index contributed by atoms with van der Waals surface area (Å²) in [6.07, 6.45) is 0. The summed E-state index contributed by atoms with van der Waals surface area (Å²) in [6.45, 7) is 9.19. The molecular weight excluding hydrogens is 175 g/mol. The van der Waals surface area contributed by atoms with E-state index in [2.05, 4.69) is 26.7 Å². The van der Waals surface area contributed by atoms with Crippen LogP contribution in [0.2, 0.25) is 0 Å². The second-order valence-electron chi connectivity index (χ2n) is 3.13. The molecule has 0 aromatic heterocycles. The fraction of sp³-hybridized carbons (Fsp3) is 1.00. The first-order valence-corrected chi connectivity index (χ1v) is 7.46. The highest BCUT2D eigenvalue weighted by atomic mass is 32.3. The highest BCUT2D eigenvalue weighted by Crippen LogP contribution is 2.40. The summed E-state index contributed by atoms with van der Waals surface area (Å²) < 4.78 is 31.6. The van der Waals surface area contributed by atoms with Gasteiger partial charge in [0, 0.05) is 0 Å². The van der Waals surface area contributed by atoms with Crippen LogP contribution in [0.4, 0.5) is 0 Å². The molecule has 0 aliphatic carbocycles. The molecule has 0 spiro atoms. The van der Waals surface area contributed by atoms with Crippen molar-refractivity contribution in [2.75, 3.05) is 26.7 Å². The zero-order chi connectivity index (χ0) is 9.00. The van der Waals surface area contributed by atoms with Gasteiger partial charge in [-0.1, -0.05) is 0 Å². The molecule has 0 heterocycles. The van der Waals surface area contributed by atoms with E-state index in [1.165, 1.54) is 0 Å². The van der Waals surface area contributed by atoms with Crippen molar-refractivity contribution < 1.29 is 17.5 Å². The number of hydrogen-bond donors (Lipinski definition) is 2. The SMILES string of the molecule is C[P](C)(C)C.O=S(=O)(O)O. The molecular formula is C4H14O4PS. The highest BCUT2D eigenvalue weighted by molar-refractivity contribution is 7.79. The average molecular weight is 189 g/mol. The first-order chi connectivity index (χ1) is 4.00. The standard InChI is InChI=1S/C4H12P.H2O4S/c2*1-5(2,3)4/h1-4H3;(H2,1,2,3,4). The lowest BCUT2D eigenvalue weighted by Gasteiger charge is -2.09. The van der Waals surface area contributed by atoms with Crippen molar-refractivity contribution in [3.63, 3.8) is 0 Å². The smallest absolute Gasteiger partial charge is 0.264 e. The van der Waals surface area contributed by atoms with Gasteiger partial charge in [0.1, 0.15) is 0 Å². The molecule has 0 bridgehead atoms. The molecule has 0 aromatic rings. The van der Waals surface area contributed by atoms with E-state index in [0.29, 0.717) is 0 Å². The lowest BCUT2D eigenvalue weighted by atomic mass is 11.8. The maximum Gasteiger partial charge on any atom is 0.394 e. The molecule has 2 N–H and O–H groups in total. The number of hydrogen-bond acceptors (Lipinski definition) is 2. The van der Waals surface area contributed by atoms with Gasteiger partial charge >= 0.3 is 10.4 Å². The Balaban J connectivity index is 0. The zero-order valence-electron chi connectivity index (χ0n) is 6.57. The molecule has 0 aromatic carbocycles. The van der Waals surface area contributed by atoms with Crippen LogP contribution in [0.25, 0.3) is 0 Å². The van der Waals surface area contributed by atoms with Gasteiger partial charge in [-0.15, -0.1) is 7.26 Å². The van der Waals surface area contributed by atoms with Gasteiger partial charge in [-0.2, -0.15) is 8.42 Å². The minimum atomic E-state index is -4.67. The third kappa shape index (κ3) is 4910. The normalized spacial score (nSPS) is 11.8. The Bertz CT molecular complexity index is 152. The summed E-state index contributed by atoms with van der Waals surface area (Å²) in [7, 11) is -5.06. The Hall–Kier alpha value is 0.300. The van der Waals surface area contributed by atoms with Gasteiger partial charge in [0.25, 0.3) is 0 Å². The molecule has 10 heavy (non-hydrogen) atoms. The van der Waals surface area contributed by atoms with Crippen LogP contribution in [0.15, 0.2) is 0 Å². The molecule has 4 nitrogen and oxygen atoms in total. The predicted molar refractivity (Wildman–Crippen MR) is 44.8 cm³/mol. The van der Waals surface area contributed by atoms with Crippen molar-refractivity contribution in [1.29, 1.82) is 0 Å². The summed E-state index contributed by atoms with van der Waals surface area (Å²) in [6, 6.07) is 0. The molecule has 1 radical (unpaired) electrons. The minimum Gasteiger partial charge on any atom is -0.264 e. The van der Waals surface area contributed by atoms with E-state index in [-0.39, 0.29) is 7.26 Å². The first-order valence-electron chi connectivity index (χ1n) is 2.49. The van der Waals surface area contributed by atoms with E-state index in [1.807, 2.05) is 0 Å². The van der Waals surface area contributed by atoms with Gasteiger partial charge in [0.2, 0.25) is 0 Å². The predicted octanol–water partition coefficient (Wildman–Crippen LogP) is 0.870. The summed E-state index contributed by atoms with van der Waals surface area (Å²) >= 11 is 0. The Morgan fingerprint density at radius 2 is 1.00 bits per heavy atom. The third-order valence-corrected chi connectivity index (χ3v) is 0. The second-order valence-corrected chi connectivity index (χ2v) is 9.39. The van der Waals surface area contributed by atoms with E-state index < -0.39 is 10.4 Å². The average Bonchev–Trinajstić information content (AvgIpc) is 1.12. The topological polar surface area (TPSA) is 74.6 Å². The maximum absolute atomic E-state index is 8.74. The van der Waals surface area contributed by atoms with Gasteiger partial charge in [0.05, 0.1) is 0 Å². The van der Waals surface area contributed by atoms with E-state index in [9.17, 15) is 0 Å². The lowest BCUT2D eigenvalue weighted by molar-refractivity contribution is 0.381. The molecule has 0 unspecified atom stereocenters. The minimum absolute atomic E-state index is 0.389. The van der Waals surface area contributed by atoms with Gasteiger partial charge in [-0.3, -0.25) is 9.11 Å². The van der Waals surface area contributed by atoms with Gasteiger partial charge < -0.3 is 0 Å². The highest BCUT2D eigenvalue weighted by Gasteiger charge is 1.91. The summed E-state index contributed by atoms with van der Waals surface area (Å²) in [4.78, 5) is 0. The van der Waals surface area contributed by atoms with Crippen LogP contribution >= 0.6 is 7.26 Å². The van der Waals surface area contributed by atoms with Crippen LogP contribution in [0.1, 0.15) is 0 Å². The summed E-state index contributed by atoms with van der Waals surface area (Å²) in [5.74, 6) is 0. The van der Waals surface area contributed by atoms with Crippen molar-refractivity contribution in [3.8, 4) is 0 Å². The van der Waals surface area contributed by atoms with Crippen LogP contribution in [0.5, 0.6) is 0 Å². The van der Waals surface area contributed by atoms with E-state index >= 15 is 0 Å². The van der Waals surface area contributed by atoms with Crippen LogP contribution in [0, 0.1) is 0 Å². The Labute approximate surface area is 62.6 Å². The summed E-state index contributed by atoms with van der Waals surface area (Å²) in [5.41, 5.74) is 0.